The smallest absolute Gasteiger partial charge is 0.328 e. The van der Waals surface area contributed by atoms with Crippen molar-refractivity contribution in [3.05, 3.63) is 30.0 Å². The molecule has 2 aromatic rings. The number of alkyl halides is 1. The second-order valence-electron chi connectivity index (χ2n) is 9.55. The molecule has 0 unspecified atom stereocenters. The summed E-state index contributed by atoms with van der Waals surface area (Å²) in [5.74, 6) is -0.222. The highest BCUT2D eigenvalue weighted by atomic mass is 19.1. The van der Waals surface area contributed by atoms with Crippen molar-refractivity contribution in [1.82, 2.24) is 20.1 Å². The van der Waals surface area contributed by atoms with Crippen molar-refractivity contribution in [3.63, 3.8) is 0 Å². The van der Waals surface area contributed by atoms with Gasteiger partial charge in [0.2, 0.25) is 5.91 Å². The molecule has 8 heteroatoms. The molecule has 4 heterocycles. The van der Waals surface area contributed by atoms with Gasteiger partial charge < -0.3 is 14.8 Å². The van der Waals surface area contributed by atoms with Gasteiger partial charge in [0.05, 0.1) is 11.2 Å². The third-order valence-corrected chi connectivity index (χ3v) is 7.36. The Morgan fingerprint density at radius 3 is 2.56 bits per heavy atom. The van der Waals surface area contributed by atoms with Crippen molar-refractivity contribution >= 4 is 28.5 Å². The first-order valence-corrected chi connectivity index (χ1v) is 11.8. The normalized spacial score (nSPS) is 23.0. The Kier molecular flexibility index (Phi) is 5.67. The number of nitrogens with zero attached hydrogens (tertiary/aromatic N) is 3. The first-order chi connectivity index (χ1) is 15.4. The van der Waals surface area contributed by atoms with Crippen LogP contribution in [0, 0.1) is 6.92 Å². The lowest BCUT2D eigenvalue weighted by Crippen LogP contribution is -2.49. The van der Waals surface area contributed by atoms with E-state index < -0.39 is 5.67 Å². The van der Waals surface area contributed by atoms with Crippen LogP contribution in [-0.2, 0) is 4.79 Å². The second-order valence-corrected chi connectivity index (χ2v) is 9.55. The summed E-state index contributed by atoms with van der Waals surface area (Å²) in [6, 6.07) is 6.27. The molecule has 0 spiro atoms. The van der Waals surface area contributed by atoms with E-state index in [4.69, 9.17) is 0 Å². The van der Waals surface area contributed by atoms with E-state index in [1.807, 2.05) is 6.92 Å². The van der Waals surface area contributed by atoms with Crippen molar-refractivity contribution < 1.29 is 14.0 Å². The van der Waals surface area contributed by atoms with Crippen molar-refractivity contribution in [2.45, 2.75) is 50.7 Å². The number of piperidine rings is 2. The Bertz CT molecular complexity index is 1020. The van der Waals surface area contributed by atoms with Crippen LogP contribution in [0.15, 0.2) is 24.4 Å². The molecule has 172 valence electrons. The number of hydrogen-bond acceptors (Lipinski definition) is 4. The highest BCUT2D eigenvalue weighted by Gasteiger charge is 2.35. The van der Waals surface area contributed by atoms with Gasteiger partial charge in [0, 0.05) is 50.2 Å². The maximum absolute atomic E-state index is 15.1. The van der Waals surface area contributed by atoms with Crippen molar-refractivity contribution in [2.75, 3.05) is 44.2 Å². The molecule has 32 heavy (non-hydrogen) atoms. The topological polar surface area (TPSA) is 69.6 Å². The van der Waals surface area contributed by atoms with Crippen LogP contribution >= 0.6 is 0 Å². The van der Waals surface area contributed by atoms with Gasteiger partial charge in [-0.1, -0.05) is 6.07 Å². The molecule has 2 N–H and O–H groups in total. The number of carbonyl (C=O) groups is 2. The maximum atomic E-state index is 15.1. The number of benzene rings is 1. The van der Waals surface area contributed by atoms with Gasteiger partial charge in [0.25, 0.3) is 0 Å². The molecule has 3 amide bonds. The molecule has 0 radical (unpaired) electrons. The highest BCUT2D eigenvalue weighted by molar-refractivity contribution is 6.10. The second kappa shape index (κ2) is 8.48. The van der Waals surface area contributed by atoms with Crippen LogP contribution in [0.3, 0.4) is 0 Å². The van der Waals surface area contributed by atoms with Gasteiger partial charge in [-0.05, 0) is 63.4 Å². The number of aromatic nitrogens is 1. The summed E-state index contributed by atoms with van der Waals surface area (Å²) >= 11 is 0. The fraction of sp³-hybridized carbons (Fsp3) is 0.583. The number of likely N-dealkylation sites (tertiary alicyclic amines) is 1. The van der Waals surface area contributed by atoms with E-state index in [1.165, 1.54) is 0 Å². The Balaban J connectivity index is 1.33. The zero-order valence-corrected chi connectivity index (χ0v) is 18.7. The van der Waals surface area contributed by atoms with Gasteiger partial charge in [0.1, 0.15) is 5.67 Å². The molecule has 0 atom stereocenters. The molecule has 1 aromatic heterocycles. The predicted molar refractivity (Wildman–Crippen MR) is 123 cm³/mol. The van der Waals surface area contributed by atoms with E-state index in [0.717, 1.165) is 61.2 Å². The Morgan fingerprint density at radius 2 is 1.84 bits per heavy atom. The Labute approximate surface area is 187 Å². The molecular weight excluding hydrogens is 409 g/mol. The van der Waals surface area contributed by atoms with Gasteiger partial charge in [0.15, 0.2) is 0 Å². The van der Waals surface area contributed by atoms with Crippen LogP contribution < -0.4 is 15.5 Å². The molecule has 1 aromatic carbocycles. The number of carbonyl (C=O) groups excluding carboxylic acids is 2. The van der Waals surface area contributed by atoms with E-state index >= 15 is 4.39 Å². The lowest BCUT2D eigenvalue weighted by atomic mass is 9.92. The molecule has 3 aliphatic heterocycles. The molecule has 5 rings (SSSR count). The number of aryl methyl sites for hydroxylation is 1. The number of fused-ring (bicyclic) bond motifs is 1. The summed E-state index contributed by atoms with van der Waals surface area (Å²) < 4.78 is 17.4. The van der Waals surface area contributed by atoms with Gasteiger partial charge >= 0.3 is 6.03 Å². The monoisotopic (exact) mass is 441 g/mol. The average molecular weight is 442 g/mol. The van der Waals surface area contributed by atoms with Crippen LogP contribution in [-0.4, -0.2) is 66.3 Å². The first-order valence-electron chi connectivity index (χ1n) is 11.8. The SMILES string of the molecule is Cc1ccc2c(ccn2C2CCN(CC3(F)CCNCC3)CC2)c1N1CCC(=O)NC1=O. The summed E-state index contributed by atoms with van der Waals surface area (Å²) in [4.78, 5) is 28.0. The number of halogens is 1. The number of hydrogen-bond donors (Lipinski definition) is 2. The highest BCUT2D eigenvalue weighted by Crippen LogP contribution is 2.36. The zero-order valence-electron chi connectivity index (χ0n) is 18.7. The summed E-state index contributed by atoms with van der Waals surface area (Å²) in [5.41, 5.74) is 1.95. The van der Waals surface area contributed by atoms with E-state index in [-0.39, 0.29) is 11.9 Å². The van der Waals surface area contributed by atoms with Gasteiger partial charge in [-0.2, -0.15) is 0 Å². The molecule has 7 nitrogen and oxygen atoms in total. The molecule has 0 aliphatic carbocycles. The van der Waals surface area contributed by atoms with Crippen molar-refractivity contribution in [3.8, 4) is 0 Å². The average Bonchev–Trinajstić information content (AvgIpc) is 3.19. The summed E-state index contributed by atoms with van der Waals surface area (Å²) in [6.45, 7) is 6.29. The lowest BCUT2D eigenvalue weighted by molar-refractivity contribution is -0.120. The van der Waals surface area contributed by atoms with Crippen molar-refractivity contribution in [1.29, 1.82) is 0 Å². The number of imide groups is 1. The van der Waals surface area contributed by atoms with E-state index in [0.29, 0.717) is 38.4 Å². The molecular formula is C24H32FN5O2. The lowest BCUT2D eigenvalue weighted by Gasteiger charge is -2.39. The summed E-state index contributed by atoms with van der Waals surface area (Å²) in [6.07, 6.45) is 5.61. The predicted octanol–water partition coefficient (Wildman–Crippen LogP) is 3.12. The number of urea groups is 1. The summed E-state index contributed by atoms with van der Waals surface area (Å²) in [5, 5.41) is 6.72. The fourth-order valence-corrected chi connectivity index (χ4v) is 5.57. The third-order valence-electron chi connectivity index (χ3n) is 7.36. The van der Waals surface area contributed by atoms with Gasteiger partial charge in [-0.25, -0.2) is 9.18 Å². The van der Waals surface area contributed by atoms with Crippen molar-refractivity contribution in [2.24, 2.45) is 0 Å². The minimum absolute atomic E-state index is 0.222. The van der Waals surface area contributed by atoms with Crippen LogP contribution in [0.2, 0.25) is 0 Å². The Hall–Kier alpha value is -2.45. The standard InChI is InChI=1S/C24H32FN5O2/c1-17-2-3-20-19(22(17)30-15-7-21(31)27-23(30)32)6-14-29(20)18-4-12-28(13-5-18)16-24(25)8-10-26-11-9-24/h2-3,6,14,18,26H,4-5,7-13,15-16H2,1H3,(H,27,31,32). The number of amides is 3. The molecule has 0 bridgehead atoms. The van der Waals surface area contributed by atoms with Crippen LogP contribution in [0.4, 0.5) is 14.9 Å². The van der Waals surface area contributed by atoms with Crippen LogP contribution in [0.1, 0.15) is 43.7 Å². The van der Waals surface area contributed by atoms with E-state index in [1.54, 1.807) is 4.90 Å². The fourth-order valence-electron chi connectivity index (χ4n) is 5.57. The largest absolute Gasteiger partial charge is 0.344 e. The molecule has 3 aliphatic rings. The van der Waals surface area contributed by atoms with Gasteiger partial charge in [-0.3, -0.25) is 15.0 Å². The summed E-state index contributed by atoms with van der Waals surface area (Å²) in [7, 11) is 0. The van der Waals surface area contributed by atoms with Gasteiger partial charge in [-0.15, -0.1) is 0 Å². The van der Waals surface area contributed by atoms with Crippen LogP contribution in [0.25, 0.3) is 10.9 Å². The quantitative estimate of drug-likeness (QED) is 0.765. The Morgan fingerprint density at radius 1 is 1.09 bits per heavy atom. The van der Waals surface area contributed by atoms with Crippen LogP contribution in [0.5, 0.6) is 0 Å². The molecule has 0 saturated carbocycles. The zero-order chi connectivity index (χ0) is 22.3. The molecule has 3 fully saturated rings. The minimum atomic E-state index is -1.05. The number of nitrogens with one attached hydrogen (secondary N) is 2. The van der Waals surface area contributed by atoms with E-state index in [2.05, 4.69) is 44.5 Å². The number of anilines is 1. The first kappa shape index (κ1) is 21.4. The molecule has 3 saturated heterocycles. The minimum Gasteiger partial charge on any atom is -0.344 e. The number of rotatable bonds is 4. The van der Waals surface area contributed by atoms with E-state index in [9.17, 15) is 9.59 Å². The third kappa shape index (κ3) is 4.01. The maximum Gasteiger partial charge on any atom is 0.328 e.